The number of hydrogen-bond donors (Lipinski definition) is 1. The van der Waals surface area contributed by atoms with Gasteiger partial charge in [-0.15, -0.1) is 0 Å². The maximum atomic E-state index is 5.96. The molecule has 110 valence electrons. The van der Waals surface area contributed by atoms with E-state index in [1.165, 1.54) is 11.1 Å². The predicted molar refractivity (Wildman–Crippen MR) is 84.8 cm³/mol. The topological polar surface area (TPSA) is 30.5 Å². The van der Waals surface area contributed by atoms with Gasteiger partial charge in [0.2, 0.25) is 0 Å². The lowest BCUT2D eigenvalue weighted by atomic mass is 9.91. The average molecular weight is 283 g/mol. The third-order valence-electron chi connectivity index (χ3n) is 3.95. The molecule has 1 N–H and O–H groups in total. The molecule has 2 atom stereocenters. The number of rotatable bonds is 4. The van der Waals surface area contributed by atoms with Gasteiger partial charge < -0.3 is 14.8 Å². The van der Waals surface area contributed by atoms with Crippen molar-refractivity contribution in [1.29, 1.82) is 0 Å². The molecular weight excluding hydrogens is 262 g/mol. The molecule has 3 heteroatoms. The molecule has 0 spiro atoms. The number of anilines is 1. The molecule has 0 saturated heterocycles. The Morgan fingerprint density at radius 2 is 1.95 bits per heavy atom. The van der Waals surface area contributed by atoms with E-state index in [9.17, 15) is 0 Å². The molecule has 0 saturated carbocycles. The first-order chi connectivity index (χ1) is 10.3. The summed E-state index contributed by atoms with van der Waals surface area (Å²) in [4.78, 5) is 0. The first-order valence-corrected chi connectivity index (χ1v) is 7.43. The van der Waals surface area contributed by atoms with Crippen LogP contribution in [0.5, 0.6) is 5.75 Å². The molecule has 2 aromatic rings. The molecule has 0 aliphatic carbocycles. The lowest BCUT2D eigenvalue weighted by Crippen LogP contribution is -2.23. The summed E-state index contributed by atoms with van der Waals surface area (Å²) in [6.45, 7) is 2.75. The zero-order chi connectivity index (χ0) is 14.7. The Hall–Kier alpha value is -2.00. The normalized spacial score (nSPS) is 20.5. The van der Waals surface area contributed by atoms with Gasteiger partial charge in [-0.1, -0.05) is 30.3 Å². The van der Waals surface area contributed by atoms with Gasteiger partial charge in [-0.25, -0.2) is 0 Å². The molecule has 3 nitrogen and oxygen atoms in total. The van der Waals surface area contributed by atoms with Gasteiger partial charge in [-0.3, -0.25) is 0 Å². The van der Waals surface area contributed by atoms with Gasteiger partial charge in [-0.2, -0.15) is 0 Å². The molecule has 0 radical (unpaired) electrons. The van der Waals surface area contributed by atoms with Crippen LogP contribution < -0.4 is 10.1 Å². The van der Waals surface area contributed by atoms with Crippen LogP contribution in [0.15, 0.2) is 48.5 Å². The van der Waals surface area contributed by atoms with Gasteiger partial charge in [-0.05, 0) is 30.7 Å². The summed E-state index contributed by atoms with van der Waals surface area (Å²) in [6.07, 6.45) is 1.03. The van der Waals surface area contributed by atoms with Gasteiger partial charge in [0, 0.05) is 24.3 Å². The standard InChI is InChI=1S/C18H21NO2/c1-3-21-18-12-17(13-7-5-4-6-8-13)19-16-10-9-14(20-2)11-15(16)18/h4-11,17-19H,3,12H2,1-2H3. The molecule has 3 rings (SSSR count). The predicted octanol–water partition coefficient (Wildman–Crippen LogP) is 4.33. The van der Waals surface area contributed by atoms with E-state index in [-0.39, 0.29) is 12.1 Å². The van der Waals surface area contributed by atoms with Crippen molar-refractivity contribution in [2.75, 3.05) is 19.0 Å². The minimum absolute atomic E-state index is 0.103. The Labute approximate surface area is 125 Å². The van der Waals surface area contributed by atoms with Crippen LogP contribution in [0.4, 0.5) is 5.69 Å². The SMILES string of the molecule is CCOC1CC(c2ccccc2)Nc2ccc(OC)cc21. The van der Waals surface area contributed by atoms with E-state index in [2.05, 4.69) is 41.7 Å². The number of hydrogen-bond acceptors (Lipinski definition) is 3. The smallest absolute Gasteiger partial charge is 0.119 e. The molecule has 2 unspecified atom stereocenters. The van der Waals surface area contributed by atoms with Crippen molar-refractivity contribution in [3.05, 3.63) is 59.7 Å². The number of nitrogens with one attached hydrogen (secondary N) is 1. The molecule has 0 amide bonds. The van der Waals surface area contributed by atoms with Crippen LogP contribution in [0.3, 0.4) is 0 Å². The van der Waals surface area contributed by atoms with Crippen LogP contribution in [0.2, 0.25) is 0 Å². The summed E-state index contributed by atoms with van der Waals surface area (Å²) in [5.41, 5.74) is 3.61. The van der Waals surface area contributed by atoms with Crippen molar-refractivity contribution in [1.82, 2.24) is 0 Å². The fourth-order valence-corrected chi connectivity index (χ4v) is 2.92. The number of methoxy groups -OCH3 is 1. The second kappa shape index (κ2) is 6.19. The van der Waals surface area contributed by atoms with E-state index < -0.39 is 0 Å². The minimum atomic E-state index is 0.103. The Bertz CT molecular complexity index is 597. The zero-order valence-electron chi connectivity index (χ0n) is 12.5. The molecule has 0 bridgehead atoms. The molecular formula is C18H21NO2. The fraction of sp³-hybridized carbons (Fsp3) is 0.333. The van der Waals surface area contributed by atoms with Crippen molar-refractivity contribution in [2.24, 2.45) is 0 Å². The molecule has 2 aromatic carbocycles. The van der Waals surface area contributed by atoms with Crippen molar-refractivity contribution in [2.45, 2.75) is 25.5 Å². The van der Waals surface area contributed by atoms with E-state index in [1.807, 2.05) is 19.1 Å². The van der Waals surface area contributed by atoms with E-state index in [1.54, 1.807) is 7.11 Å². The zero-order valence-corrected chi connectivity index (χ0v) is 12.5. The molecule has 0 aromatic heterocycles. The Balaban J connectivity index is 1.94. The number of fused-ring (bicyclic) bond motifs is 1. The lowest BCUT2D eigenvalue weighted by molar-refractivity contribution is 0.0497. The second-order valence-electron chi connectivity index (χ2n) is 5.24. The van der Waals surface area contributed by atoms with Crippen LogP contribution in [0.1, 0.15) is 36.6 Å². The summed E-state index contributed by atoms with van der Waals surface area (Å²) < 4.78 is 11.3. The Morgan fingerprint density at radius 3 is 2.67 bits per heavy atom. The van der Waals surface area contributed by atoms with Crippen molar-refractivity contribution in [3.8, 4) is 5.75 Å². The van der Waals surface area contributed by atoms with Crippen molar-refractivity contribution < 1.29 is 9.47 Å². The highest BCUT2D eigenvalue weighted by Gasteiger charge is 2.28. The highest BCUT2D eigenvalue weighted by atomic mass is 16.5. The monoisotopic (exact) mass is 283 g/mol. The van der Waals surface area contributed by atoms with E-state index >= 15 is 0 Å². The highest BCUT2D eigenvalue weighted by Crippen LogP contribution is 2.42. The Morgan fingerprint density at radius 1 is 1.14 bits per heavy atom. The van der Waals surface area contributed by atoms with E-state index in [4.69, 9.17) is 9.47 Å². The van der Waals surface area contributed by atoms with Gasteiger partial charge in [0.15, 0.2) is 0 Å². The van der Waals surface area contributed by atoms with Gasteiger partial charge in [0.05, 0.1) is 19.3 Å². The van der Waals surface area contributed by atoms with Crippen LogP contribution in [-0.2, 0) is 4.74 Å². The third kappa shape index (κ3) is 2.88. The first-order valence-electron chi connectivity index (χ1n) is 7.43. The maximum Gasteiger partial charge on any atom is 0.119 e. The van der Waals surface area contributed by atoms with Gasteiger partial charge in [0.25, 0.3) is 0 Å². The molecule has 1 aliphatic rings. The van der Waals surface area contributed by atoms with Crippen molar-refractivity contribution in [3.63, 3.8) is 0 Å². The van der Waals surface area contributed by atoms with Crippen LogP contribution >= 0.6 is 0 Å². The van der Waals surface area contributed by atoms with Gasteiger partial charge in [0.1, 0.15) is 5.75 Å². The fourth-order valence-electron chi connectivity index (χ4n) is 2.92. The molecule has 0 fully saturated rings. The quantitative estimate of drug-likeness (QED) is 0.906. The molecule has 21 heavy (non-hydrogen) atoms. The second-order valence-corrected chi connectivity index (χ2v) is 5.24. The van der Waals surface area contributed by atoms with Crippen molar-refractivity contribution >= 4 is 5.69 Å². The maximum absolute atomic E-state index is 5.96. The lowest BCUT2D eigenvalue weighted by Gasteiger charge is -2.33. The molecule has 1 aliphatic heterocycles. The van der Waals surface area contributed by atoms with E-state index in [0.29, 0.717) is 6.61 Å². The summed E-state index contributed by atoms with van der Waals surface area (Å²) in [7, 11) is 1.69. The largest absolute Gasteiger partial charge is 0.497 e. The summed E-state index contributed by atoms with van der Waals surface area (Å²) in [6, 6.07) is 17.0. The van der Waals surface area contributed by atoms with Gasteiger partial charge >= 0.3 is 0 Å². The highest BCUT2D eigenvalue weighted by molar-refractivity contribution is 5.58. The van der Waals surface area contributed by atoms with Crippen LogP contribution in [0, 0.1) is 0 Å². The van der Waals surface area contributed by atoms with Crippen LogP contribution in [-0.4, -0.2) is 13.7 Å². The summed E-state index contributed by atoms with van der Waals surface area (Å²) in [5.74, 6) is 0.874. The summed E-state index contributed by atoms with van der Waals surface area (Å²) in [5, 5.41) is 3.62. The average Bonchev–Trinajstić information content (AvgIpc) is 2.55. The van der Waals surface area contributed by atoms with Crippen LogP contribution in [0.25, 0.3) is 0 Å². The number of benzene rings is 2. The first kappa shape index (κ1) is 14.0. The Kier molecular flexibility index (Phi) is 4.11. The third-order valence-corrected chi connectivity index (χ3v) is 3.95. The molecule has 1 heterocycles. The van der Waals surface area contributed by atoms with E-state index in [0.717, 1.165) is 17.9 Å². The minimum Gasteiger partial charge on any atom is -0.497 e. The number of ether oxygens (including phenoxy) is 2. The summed E-state index contributed by atoms with van der Waals surface area (Å²) >= 11 is 0.